The van der Waals surface area contributed by atoms with E-state index in [9.17, 15) is 39.3 Å². The molecule has 236 valence electrons. The molecule has 3 rings (SSSR count). The predicted octanol–water partition coefficient (Wildman–Crippen LogP) is 1.27. The van der Waals surface area contributed by atoms with Crippen LogP contribution in [-0.4, -0.2) is 82.5 Å². The summed E-state index contributed by atoms with van der Waals surface area (Å²) >= 11 is 0. The number of likely N-dealkylation sites (N-methyl/N-ethyl adjacent to an activating group) is 1. The fraction of sp³-hybridized carbons (Fsp3) is 0.433. The summed E-state index contributed by atoms with van der Waals surface area (Å²) in [6, 6.07) is 5.75. The van der Waals surface area contributed by atoms with Crippen LogP contribution in [0.5, 0.6) is 11.5 Å². The zero-order valence-electron chi connectivity index (χ0n) is 25.4. The summed E-state index contributed by atoms with van der Waals surface area (Å²) in [5.41, 5.74) is 6.45. The summed E-state index contributed by atoms with van der Waals surface area (Å²) in [6.45, 7) is 8.67. The number of benzene rings is 2. The van der Waals surface area contributed by atoms with Crippen LogP contribution in [0.3, 0.4) is 0 Å². The van der Waals surface area contributed by atoms with E-state index in [2.05, 4.69) is 16.0 Å². The Bertz CT molecular complexity index is 1300. The summed E-state index contributed by atoms with van der Waals surface area (Å²) in [4.78, 5) is 63.7. The zero-order valence-corrected chi connectivity index (χ0v) is 25.4. The summed E-state index contributed by atoms with van der Waals surface area (Å²) < 4.78 is 0. The van der Waals surface area contributed by atoms with Crippen LogP contribution in [0.2, 0.25) is 0 Å². The van der Waals surface area contributed by atoms with Crippen molar-refractivity contribution in [3.63, 3.8) is 0 Å². The minimum Gasteiger partial charge on any atom is -0.507 e. The van der Waals surface area contributed by atoms with E-state index in [1.54, 1.807) is 6.92 Å². The van der Waals surface area contributed by atoms with Crippen LogP contribution in [0.1, 0.15) is 51.8 Å². The first-order valence-electron chi connectivity index (χ1n) is 14.1. The number of phenolic OH excluding ortho intramolecular Hbond substituents is 2. The van der Waals surface area contributed by atoms with Crippen LogP contribution in [-0.2, 0) is 30.4 Å². The minimum absolute atomic E-state index is 0.0794. The molecule has 2 unspecified atom stereocenters. The summed E-state index contributed by atoms with van der Waals surface area (Å²) in [5.74, 6) is -4.93. The van der Waals surface area contributed by atoms with Crippen LogP contribution < -0.4 is 21.7 Å². The molecule has 4 bridgehead atoms. The highest BCUT2D eigenvalue weighted by molar-refractivity contribution is 5.94. The number of carbonyl (C=O) groups excluding carboxylic acids is 4. The van der Waals surface area contributed by atoms with Crippen molar-refractivity contribution in [1.82, 2.24) is 20.9 Å². The quantitative estimate of drug-likeness (QED) is 0.254. The molecule has 0 radical (unpaired) electrons. The summed E-state index contributed by atoms with van der Waals surface area (Å²) in [5, 5.41) is 38.0. The lowest BCUT2D eigenvalue weighted by molar-refractivity contribution is -0.142. The highest BCUT2D eigenvalue weighted by Gasteiger charge is 2.31. The van der Waals surface area contributed by atoms with Crippen molar-refractivity contribution in [3.8, 4) is 22.6 Å². The molecule has 13 heteroatoms. The van der Waals surface area contributed by atoms with Gasteiger partial charge in [-0.2, -0.15) is 0 Å². The van der Waals surface area contributed by atoms with Crippen LogP contribution in [0.25, 0.3) is 11.1 Å². The number of carbonyl (C=O) groups is 5. The van der Waals surface area contributed by atoms with Crippen molar-refractivity contribution in [2.75, 3.05) is 26.7 Å². The van der Waals surface area contributed by atoms with E-state index in [1.165, 1.54) is 43.4 Å². The third-order valence-corrected chi connectivity index (χ3v) is 6.43. The predicted molar refractivity (Wildman–Crippen MR) is 161 cm³/mol. The molecule has 0 aliphatic carbocycles. The van der Waals surface area contributed by atoms with Crippen LogP contribution in [0, 0.1) is 5.92 Å². The van der Waals surface area contributed by atoms with Crippen molar-refractivity contribution in [2.45, 2.75) is 53.1 Å². The number of nitrogens with zero attached hydrogens (tertiary/aromatic N) is 1. The summed E-state index contributed by atoms with van der Waals surface area (Å²) in [6.07, 6.45) is -0.128. The van der Waals surface area contributed by atoms with Gasteiger partial charge < -0.3 is 41.9 Å². The molecule has 1 heterocycles. The number of phenols is 2. The van der Waals surface area contributed by atoms with Gasteiger partial charge in [-0.05, 0) is 35.4 Å². The Balaban J connectivity index is 0.00000221. The topological polar surface area (TPSA) is 211 Å². The smallest absolute Gasteiger partial charge is 0.326 e. The van der Waals surface area contributed by atoms with E-state index in [0.717, 1.165) is 4.90 Å². The van der Waals surface area contributed by atoms with E-state index in [-0.39, 0.29) is 41.2 Å². The van der Waals surface area contributed by atoms with Crippen LogP contribution in [0.15, 0.2) is 36.4 Å². The maximum atomic E-state index is 13.3. The Hall–Kier alpha value is -4.65. The standard InChI is InChI=1S/C26H31N5O8.2C2H6/c1-13(10-27)24(36)29-12-22(35)31(2)23-15-4-6-20(33)17(9-15)16-7-14(3-5-19(16)32)8-18(26(38)39)30-21(34)11-28-25(23)37;2*1-2/h3-7,9,13,18,23,32-33H,8,10-12,27H2,1-2H3,(H,28,37)(H,29,36)(H,30,34)(H,38,39);2*1-2H3/t13?,18-,23?;;/m0../s1. The molecule has 1 aliphatic heterocycles. The molecule has 1 aliphatic rings. The highest BCUT2D eigenvalue weighted by atomic mass is 16.4. The molecule has 13 nitrogen and oxygen atoms in total. The van der Waals surface area contributed by atoms with Crippen molar-refractivity contribution >= 4 is 29.6 Å². The van der Waals surface area contributed by atoms with Gasteiger partial charge in [0.15, 0.2) is 0 Å². The van der Waals surface area contributed by atoms with Gasteiger partial charge in [0.2, 0.25) is 23.6 Å². The molecule has 43 heavy (non-hydrogen) atoms. The first-order chi connectivity index (χ1) is 20.4. The lowest BCUT2D eigenvalue weighted by Crippen LogP contribution is -2.49. The Labute approximate surface area is 251 Å². The number of nitrogens with two attached hydrogens (primary N) is 1. The maximum Gasteiger partial charge on any atom is 0.326 e. The van der Waals surface area contributed by atoms with Gasteiger partial charge in [-0.15, -0.1) is 0 Å². The van der Waals surface area contributed by atoms with Crippen LogP contribution >= 0.6 is 0 Å². The van der Waals surface area contributed by atoms with Crippen LogP contribution in [0.4, 0.5) is 0 Å². The molecule has 0 fully saturated rings. The first kappa shape index (κ1) is 36.4. The van der Waals surface area contributed by atoms with Gasteiger partial charge in [0.25, 0.3) is 0 Å². The van der Waals surface area contributed by atoms with Gasteiger partial charge in [-0.25, -0.2) is 4.79 Å². The van der Waals surface area contributed by atoms with E-state index in [4.69, 9.17) is 5.73 Å². The van der Waals surface area contributed by atoms with Gasteiger partial charge in [-0.3, -0.25) is 19.2 Å². The number of aromatic hydroxyl groups is 2. The number of carboxylic acids is 1. The third-order valence-electron chi connectivity index (χ3n) is 6.43. The van der Waals surface area contributed by atoms with Crippen molar-refractivity contribution < 1.29 is 39.3 Å². The van der Waals surface area contributed by atoms with Gasteiger partial charge >= 0.3 is 5.97 Å². The lowest BCUT2D eigenvalue weighted by atomic mass is 9.94. The molecular weight excluding hydrogens is 558 g/mol. The van der Waals surface area contributed by atoms with Gasteiger partial charge in [0.05, 0.1) is 13.1 Å². The fourth-order valence-corrected chi connectivity index (χ4v) is 4.07. The number of nitrogens with one attached hydrogen (secondary N) is 3. The number of rotatable bonds is 6. The Morgan fingerprint density at radius 1 is 1.02 bits per heavy atom. The van der Waals surface area contributed by atoms with Gasteiger partial charge in [0.1, 0.15) is 23.6 Å². The number of amides is 4. The van der Waals surface area contributed by atoms with Gasteiger partial charge in [-0.1, -0.05) is 46.8 Å². The molecule has 0 aromatic heterocycles. The molecular formula is C30H43N5O8. The third kappa shape index (κ3) is 9.70. The highest BCUT2D eigenvalue weighted by Crippen LogP contribution is 2.38. The minimum atomic E-state index is -1.34. The van der Waals surface area contributed by atoms with Gasteiger partial charge in [0, 0.05) is 37.1 Å². The molecule has 8 N–H and O–H groups in total. The SMILES string of the molecule is CC.CC.CC(CN)C(=O)NCC(=O)N(C)C1C(=O)NCC(=O)N[C@H](C(=O)O)Cc2ccc(O)c(c2)-c2cc1ccc2O. The number of aliphatic carboxylic acids is 1. The molecule has 0 spiro atoms. The fourth-order valence-electron chi connectivity index (χ4n) is 4.07. The zero-order chi connectivity index (χ0) is 32.9. The molecule has 4 amide bonds. The average Bonchev–Trinajstić information content (AvgIpc) is 3.01. The first-order valence-corrected chi connectivity index (χ1v) is 14.1. The second kappa shape index (κ2) is 17.3. The Kier molecular flexibility index (Phi) is 14.7. The van der Waals surface area contributed by atoms with Crippen molar-refractivity contribution in [2.24, 2.45) is 11.7 Å². The van der Waals surface area contributed by atoms with E-state index >= 15 is 0 Å². The van der Waals surface area contributed by atoms with E-state index in [0.29, 0.717) is 5.56 Å². The second-order valence-electron chi connectivity index (χ2n) is 9.27. The lowest BCUT2D eigenvalue weighted by Gasteiger charge is -2.29. The number of hydrogen-bond acceptors (Lipinski definition) is 8. The van der Waals surface area contributed by atoms with Crippen molar-refractivity contribution in [3.05, 3.63) is 47.5 Å². The number of hydrogen-bond donors (Lipinski definition) is 7. The largest absolute Gasteiger partial charge is 0.507 e. The average molecular weight is 602 g/mol. The second-order valence-corrected chi connectivity index (χ2v) is 9.27. The monoisotopic (exact) mass is 601 g/mol. The Morgan fingerprint density at radius 3 is 2.19 bits per heavy atom. The number of fused-ring (bicyclic) bond motifs is 5. The normalized spacial score (nSPS) is 16.7. The number of carboxylic acid groups (broad SMARTS) is 1. The molecule has 0 saturated heterocycles. The molecule has 0 saturated carbocycles. The summed E-state index contributed by atoms with van der Waals surface area (Å²) in [7, 11) is 1.33. The van der Waals surface area contributed by atoms with E-state index in [1.807, 2.05) is 27.7 Å². The molecule has 3 atom stereocenters. The van der Waals surface area contributed by atoms with E-state index < -0.39 is 60.7 Å². The molecule has 2 aromatic carbocycles. The Morgan fingerprint density at radius 2 is 1.60 bits per heavy atom. The van der Waals surface area contributed by atoms with Crippen molar-refractivity contribution in [1.29, 1.82) is 0 Å². The maximum absolute atomic E-state index is 13.3. The molecule has 2 aromatic rings.